The molecule has 5 rings (SSSR count). The van der Waals surface area contributed by atoms with Crippen molar-refractivity contribution in [3.63, 3.8) is 0 Å². The van der Waals surface area contributed by atoms with Crippen molar-refractivity contribution in [2.45, 2.75) is 59.4 Å². The Morgan fingerprint density at radius 1 is 0.870 bits per heavy atom. The summed E-state index contributed by atoms with van der Waals surface area (Å²) in [5.41, 5.74) is 6.01. The summed E-state index contributed by atoms with van der Waals surface area (Å²) in [5.74, 6) is 0.367. The lowest BCUT2D eigenvalue weighted by atomic mass is 9.78. The highest BCUT2D eigenvalue weighted by atomic mass is 32.2. The van der Waals surface area contributed by atoms with Gasteiger partial charge < -0.3 is 30.3 Å². The highest BCUT2D eigenvalue weighted by Gasteiger charge is 2.36. The molecule has 0 radical (unpaired) electrons. The van der Waals surface area contributed by atoms with Crippen LogP contribution in [-0.4, -0.2) is 66.1 Å². The summed E-state index contributed by atoms with van der Waals surface area (Å²) in [6, 6.07) is 14.9. The lowest BCUT2D eigenvalue weighted by molar-refractivity contribution is -0.138. The van der Waals surface area contributed by atoms with Gasteiger partial charge in [-0.15, -0.1) is 11.8 Å². The van der Waals surface area contributed by atoms with Gasteiger partial charge in [-0.25, -0.2) is 4.79 Å². The van der Waals surface area contributed by atoms with Gasteiger partial charge in [-0.3, -0.25) is 14.8 Å². The molecule has 2 aromatic rings. The van der Waals surface area contributed by atoms with Crippen molar-refractivity contribution in [1.82, 2.24) is 0 Å². The number of nitrogens with zero attached hydrogens (tertiary/aromatic N) is 2. The van der Waals surface area contributed by atoms with Gasteiger partial charge in [0.05, 0.1) is 19.9 Å². The van der Waals surface area contributed by atoms with Gasteiger partial charge in [0, 0.05) is 39.1 Å². The maximum absolute atomic E-state index is 11.3. The van der Waals surface area contributed by atoms with E-state index < -0.39 is 18.0 Å². The van der Waals surface area contributed by atoms with E-state index >= 15 is 0 Å². The number of rotatable bonds is 9. The van der Waals surface area contributed by atoms with Crippen molar-refractivity contribution < 1.29 is 29.3 Å². The molecule has 0 amide bonds. The van der Waals surface area contributed by atoms with Gasteiger partial charge in [-0.2, -0.15) is 0 Å². The van der Waals surface area contributed by atoms with E-state index in [0.29, 0.717) is 5.75 Å². The molecule has 4 N–H and O–H groups in total. The fraction of sp³-hybridized carbons (Fsp3) is 0.429. The van der Waals surface area contributed by atoms with Crippen LogP contribution in [0.15, 0.2) is 80.9 Å². The Balaban J connectivity index is 0.000000210. The van der Waals surface area contributed by atoms with Crippen LogP contribution in [0.25, 0.3) is 0 Å². The molecule has 11 heteroatoms. The van der Waals surface area contributed by atoms with E-state index in [2.05, 4.69) is 48.3 Å². The number of fused-ring (bicyclic) bond motifs is 1. The number of anilines is 2. The fourth-order valence-electron chi connectivity index (χ4n) is 5.65. The Hall–Kier alpha value is -4.25. The van der Waals surface area contributed by atoms with E-state index in [9.17, 15) is 14.7 Å². The number of ether oxygens (including phenoxy) is 2. The number of carbonyl (C=O) groups is 2. The molecule has 3 aliphatic rings. The van der Waals surface area contributed by atoms with Crippen LogP contribution >= 0.6 is 11.8 Å². The number of allylic oxidation sites excluding steroid dienone is 4. The average Bonchev–Trinajstić information content (AvgIpc) is 2.99. The standard InChI is InChI=1S/C18H22N2O3S.C17H22N2O3/c1-18(2)8-13(19-11-4-6-12(23-3)7-5-11)16-14(9-18)20-15(10-24-16)17(21)22;1-17(2)9-13(18-11-16(20)21)8-14(10-17)19-12-4-6-15(22-3)7-5-12/h4-7,15,19H,8-10H2,1-3H3,(H,21,22);4-8,19H,9-11H2,1-3H3,(H,20,21). The Morgan fingerprint density at radius 3 is 1.98 bits per heavy atom. The second kappa shape index (κ2) is 14.9. The second-order valence-electron chi connectivity index (χ2n) is 13.2. The lowest BCUT2D eigenvalue weighted by Gasteiger charge is -2.36. The highest BCUT2D eigenvalue weighted by molar-refractivity contribution is 8.04. The molecular weight excluding hydrogens is 604 g/mol. The third kappa shape index (κ3) is 9.87. The summed E-state index contributed by atoms with van der Waals surface area (Å²) in [5, 5.41) is 24.9. The lowest BCUT2D eigenvalue weighted by Crippen LogP contribution is -2.34. The third-order valence-electron chi connectivity index (χ3n) is 7.69. The summed E-state index contributed by atoms with van der Waals surface area (Å²) in [7, 11) is 3.29. The van der Waals surface area contributed by atoms with Gasteiger partial charge in [0.1, 0.15) is 18.0 Å². The number of hydrogen-bond donors (Lipinski definition) is 4. The summed E-state index contributed by atoms with van der Waals surface area (Å²) in [4.78, 5) is 31.7. The Morgan fingerprint density at radius 2 is 1.43 bits per heavy atom. The smallest absolute Gasteiger partial charge is 0.329 e. The molecule has 0 bridgehead atoms. The predicted octanol–water partition coefficient (Wildman–Crippen LogP) is 7.12. The summed E-state index contributed by atoms with van der Waals surface area (Å²) < 4.78 is 10.3. The highest BCUT2D eigenvalue weighted by Crippen LogP contribution is 2.43. The van der Waals surface area contributed by atoms with E-state index in [1.165, 1.54) is 0 Å². The quantitative estimate of drug-likeness (QED) is 0.224. The van der Waals surface area contributed by atoms with Crippen molar-refractivity contribution in [2.75, 3.05) is 37.2 Å². The molecule has 0 fully saturated rings. The first kappa shape index (κ1) is 34.6. The molecule has 246 valence electrons. The first-order valence-electron chi connectivity index (χ1n) is 15.2. The maximum atomic E-state index is 11.3. The normalized spacial score (nSPS) is 20.7. The summed E-state index contributed by atoms with van der Waals surface area (Å²) in [6.07, 6.45) is 5.36. The molecule has 2 aliphatic carbocycles. The van der Waals surface area contributed by atoms with E-state index in [1.807, 2.05) is 54.6 Å². The molecule has 1 heterocycles. The SMILES string of the molecule is COc1ccc(NC2=C3SCC(C(=O)O)N=C3CC(C)(C)C2)cc1.COc1ccc(NC2=CC(=NCC(=O)O)CC(C)(C)C2)cc1. The minimum atomic E-state index is -0.908. The molecule has 0 spiro atoms. The molecule has 10 nitrogen and oxygen atoms in total. The van der Waals surface area contributed by atoms with Gasteiger partial charge in [0.15, 0.2) is 6.04 Å². The number of aliphatic carboxylic acids is 2. The van der Waals surface area contributed by atoms with Crippen LogP contribution in [0.4, 0.5) is 11.4 Å². The van der Waals surface area contributed by atoms with E-state index in [4.69, 9.17) is 14.6 Å². The average molecular weight is 649 g/mol. The minimum absolute atomic E-state index is 0.0537. The fourth-order valence-corrected chi connectivity index (χ4v) is 6.78. The monoisotopic (exact) mass is 648 g/mol. The number of benzene rings is 2. The molecule has 0 saturated heterocycles. The topological polar surface area (TPSA) is 142 Å². The zero-order chi connectivity index (χ0) is 33.5. The van der Waals surface area contributed by atoms with Crippen LogP contribution in [0.2, 0.25) is 0 Å². The Kier molecular flexibility index (Phi) is 11.2. The first-order valence-corrected chi connectivity index (χ1v) is 16.2. The first-order chi connectivity index (χ1) is 21.8. The number of thioether (sulfide) groups is 1. The van der Waals surface area contributed by atoms with Crippen LogP contribution in [0.5, 0.6) is 11.5 Å². The van der Waals surface area contributed by atoms with Gasteiger partial charge in [0.2, 0.25) is 0 Å². The van der Waals surface area contributed by atoms with Crippen molar-refractivity contribution >= 4 is 46.5 Å². The third-order valence-corrected chi connectivity index (χ3v) is 8.94. The van der Waals surface area contributed by atoms with E-state index in [-0.39, 0.29) is 17.4 Å². The molecule has 1 atom stereocenters. The largest absolute Gasteiger partial charge is 0.497 e. The molecule has 1 aliphatic heterocycles. The predicted molar refractivity (Wildman–Crippen MR) is 186 cm³/mol. The minimum Gasteiger partial charge on any atom is -0.497 e. The van der Waals surface area contributed by atoms with E-state index in [1.54, 1.807) is 26.0 Å². The molecule has 0 saturated carbocycles. The molecule has 2 aromatic carbocycles. The van der Waals surface area contributed by atoms with Crippen molar-refractivity contribution in [1.29, 1.82) is 0 Å². The zero-order valence-corrected chi connectivity index (χ0v) is 28.2. The molecule has 1 unspecified atom stereocenters. The number of carboxylic acid groups (broad SMARTS) is 2. The van der Waals surface area contributed by atoms with Crippen LogP contribution in [0, 0.1) is 10.8 Å². The molecule has 46 heavy (non-hydrogen) atoms. The second-order valence-corrected chi connectivity index (χ2v) is 14.2. The van der Waals surface area contributed by atoms with Crippen molar-refractivity contribution in [2.24, 2.45) is 20.8 Å². The van der Waals surface area contributed by atoms with Gasteiger partial charge in [0.25, 0.3) is 0 Å². The van der Waals surface area contributed by atoms with Gasteiger partial charge in [-0.1, -0.05) is 27.7 Å². The number of aliphatic imine (C=N–C) groups is 2. The van der Waals surface area contributed by atoms with Crippen LogP contribution < -0.4 is 20.1 Å². The summed E-state index contributed by atoms with van der Waals surface area (Å²) in [6.45, 7) is 8.52. The van der Waals surface area contributed by atoms with Crippen molar-refractivity contribution in [3.05, 3.63) is 70.9 Å². The van der Waals surface area contributed by atoms with Crippen LogP contribution in [-0.2, 0) is 9.59 Å². The van der Waals surface area contributed by atoms with Gasteiger partial charge >= 0.3 is 11.9 Å². The Labute approximate surface area is 275 Å². The summed E-state index contributed by atoms with van der Waals surface area (Å²) >= 11 is 1.60. The van der Waals surface area contributed by atoms with Crippen LogP contribution in [0.3, 0.4) is 0 Å². The number of hydrogen-bond acceptors (Lipinski definition) is 9. The molecule has 0 aromatic heterocycles. The van der Waals surface area contributed by atoms with Crippen LogP contribution in [0.1, 0.15) is 53.4 Å². The van der Waals surface area contributed by atoms with Crippen molar-refractivity contribution in [3.8, 4) is 11.5 Å². The maximum Gasteiger partial charge on any atom is 0.329 e. The number of nitrogens with one attached hydrogen (secondary N) is 2. The van der Waals surface area contributed by atoms with Gasteiger partial charge in [-0.05, 0) is 91.1 Å². The van der Waals surface area contributed by atoms with E-state index in [0.717, 1.165) is 76.3 Å². The number of methoxy groups -OCH3 is 2. The number of carboxylic acids is 2. The Bertz CT molecular complexity index is 1540. The molecular formula is C35H44N4O6S. The zero-order valence-electron chi connectivity index (χ0n) is 27.3.